The predicted octanol–water partition coefficient (Wildman–Crippen LogP) is 1.72. The van der Waals surface area contributed by atoms with Crippen LogP contribution in [0.5, 0.6) is 17.2 Å². The molecule has 2 rings (SSSR count). The van der Waals surface area contributed by atoms with Gasteiger partial charge in [0.25, 0.3) is 0 Å². The monoisotopic (exact) mass is 337 g/mol. The molecule has 0 aliphatic heterocycles. The van der Waals surface area contributed by atoms with Crippen molar-refractivity contribution in [3.05, 3.63) is 17.7 Å². The molecule has 1 unspecified atom stereocenters. The normalized spacial score (nSPS) is 14.7. The number of carbonyl (C=O) groups is 2. The molecule has 7 nitrogen and oxygen atoms in total. The lowest BCUT2D eigenvalue weighted by atomic mass is 10.1. The molecule has 0 spiro atoms. The zero-order valence-corrected chi connectivity index (χ0v) is 14.4. The van der Waals surface area contributed by atoms with Gasteiger partial charge in [0.1, 0.15) is 6.04 Å². The Morgan fingerprint density at radius 1 is 1.17 bits per heavy atom. The second-order valence-electron chi connectivity index (χ2n) is 5.76. The summed E-state index contributed by atoms with van der Waals surface area (Å²) in [6.45, 7) is 1.54. The minimum Gasteiger partial charge on any atom is -0.493 e. The number of rotatable bonds is 8. The highest BCUT2D eigenvalue weighted by molar-refractivity contribution is 5.85. The number of nitrogens with zero attached hydrogens (tertiary/aromatic N) is 1. The second-order valence-corrected chi connectivity index (χ2v) is 5.76. The van der Waals surface area contributed by atoms with E-state index in [-0.39, 0.29) is 18.4 Å². The van der Waals surface area contributed by atoms with Crippen molar-refractivity contribution in [3.8, 4) is 17.2 Å². The maximum Gasteiger partial charge on any atom is 0.326 e. The first kappa shape index (κ1) is 17.9. The molecule has 1 atom stereocenters. The zero-order chi connectivity index (χ0) is 17.9. The first-order valence-corrected chi connectivity index (χ1v) is 7.75. The van der Waals surface area contributed by atoms with Gasteiger partial charge in [0.15, 0.2) is 11.5 Å². The Bertz CT molecular complexity index is 601. The Kier molecular flexibility index (Phi) is 5.54. The molecule has 1 N–H and O–H groups in total. The van der Waals surface area contributed by atoms with Crippen molar-refractivity contribution in [1.82, 2.24) is 4.90 Å². The Hall–Kier alpha value is -2.44. The molecule has 1 aliphatic carbocycles. The quantitative estimate of drug-likeness (QED) is 0.777. The van der Waals surface area contributed by atoms with Crippen LogP contribution in [-0.2, 0) is 16.0 Å². The van der Waals surface area contributed by atoms with Gasteiger partial charge in [0.05, 0.1) is 27.8 Å². The van der Waals surface area contributed by atoms with Gasteiger partial charge in [-0.2, -0.15) is 0 Å². The van der Waals surface area contributed by atoms with E-state index in [1.165, 1.54) is 33.2 Å². The SMILES string of the molecule is COc1cc(CC(=O)N(C2CC2)C(C)C(=O)O)cc(OC)c1OC. The third-order valence-corrected chi connectivity index (χ3v) is 4.08. The van der Waals surface area contributed by atoms with E-state index in [9.17, 15) is 14.7 Å². The second kappa shape index (κ2) is 7.42. The third-order valence-electron chi connectivity index (χ3n) is 4.08. The van der Waals surface area contributed by atoms with Crippen LogP contribution in [0.15, 0.2) is 12.1 Å². The van der Waals surface area contributed by atoms with Crippen LogP contribution < -0.4 is 14.2 Å². The molecule has 1 fully saturated rings. The van der Waals surface area contributed by atoms with E-state index in [4.69, 9.17) is 14.2 Å². The topological polar surface area (TPSA) is 85.3 Å². The average molecular weight is 337 g/mol. The minimum atomic E-state index is -1.000. The van der Waals surface area contributed by atoms with Crippen LogP contribution >= 0.6 is 0 Å². The molecular weight excluding hydrogens is 314 g/mol. The van der Waals surface area contributed by atoms with Gasteiger partial charge >= 0.3 is 5.97 Å². The first-order valence-electron chi connectivity index (χ1n) is 7.75. The predicted molar refractivity (Wildman–Crippen MR) is 86.8 cm³/mol. The molecule has 7 heteroatoms. The lowest BCUT2D eigenvalue weighted by molar-refractivity contribution is -0.149. The largest absolute Gasteiger partial charge is 0.493 e. The van der Waals surface area contributed by atoms with Crippen LogP contribution in [-0.4, -0.2) is 55.3 Å². The van der Waals surface area contributed by atoms with Crippen LogP contribution in [0, 0.1) is 0 Å². The van der Waals surface area contributed by atoms with Crippen LogP contribution in [0.3, 0.4) is 0 Å². The number of methoxy groups -OCH3 is 3. The van der Waals surface area contributed by atoms with Gasteiger partial charge in [-0.05, 0) is 37.5 Å². The van der Waals surface area contributed by atoms with Crippen molar-refractivity contribution < 1.29 is 28.9 Å². The molecule has 0 aromatic heterocycles. The van der Waals surface area contributed by atoms with Crippen LogP contribution in [0.1, 0.15) is 25.3 Å². The smallest absolute Gasteiger partial charge is 0.326 e. The Morgan fingerprint density at radius 3 is 2.08 bits per heavy atom. The van der Waals surface area contributed by atoms with E-state index in [2.05, 4.69) is 0 Å². The van der Waals surface area contributed by atoms with Gasteiger partial charge in [-0.3, -0.25) is 4.79 Å². The summed E-state index contributed by atoms with van der Waals surface area (Å²) >= 11 is 0. The van der Waals surface area contributed by atoms with E-state index < -0.39 is 12.0 Å². The maximum atomic E-state index is 12.6. The van der Waals surface area contributed by atoms with E-state index in [1.54, 1.807) is 12.1 Å². The lowest BCUT2D eigenvalue weighted by Gasteiger charge is -2.26. The number of benzene rings is 1. The lowest BCUT2D eigenvalue weighted by Crippen LogP contribution is -2.45. The molecule has 0 heterocycles. The molecule has 1 aromatic rings. The number of amides is 1. The summed E-state index contributed by atoms with van der Waals surface area (Å²) in [7, 11) is 4.52. The van der Waals surface area contributed by atoms with Gasteiger partial charge in [-0.25, -0.2) is 4.79 Å². The molecule has 1 amide bonds. The fourth-order valence-corrected chi connectivity index (χ4v) is 2.71. The van der Waals surface area contributed by atoms with Crippen molar-refractivity contribution in [2.24, 2.45) is 0 Å². The third kappa shape index (κ3) is 3.72. The molecule has 1 saturated carbocycles. The highest BCUT2D eigenvalue weighted by atomic mass is 16.5. The molecular formula is C17H23NO6. The fourth-order valence-electron chi connectivity index (χ4n) is 2.71. The summed E-state index contributed by atoms with van der Waals surface area (Å²) in [6, 6.07) is 2.59. The molecule has 0 bridgehead atoms. The standard InChI is InChI=1S/C17H23NO6/c1-10(17(20)21)18(12-5-6-12)15(19)9-11-7-13(22-2)16(24-4)14(8-11)23-3/h7-8,10,12H,5-6,9H2,1-4H3,(H,20,21). The van der Waals surface area contributed by atoms with Gasteiger partial charge in [-0.1, -0.05) is 0 Å². The summed E-state index contributed by atoms with van der Waals surface area (Å²) in [5, 5.41) is 9.23. The summed E-state index contributed by atoms with van der Waals surface area (Å²) in [5.41, 5.74) is 0.678. The fraction of sp³-hybridized carbons (Fsp3) is 0.529. The maximum absolute atomic E-state index is 12.6. The van der Waals surface area contributed by atoms with Crippen LogP contribution in [0.4, 0.5) is 0 Å². The minimum absolute atomic E-state index is 0.0191. The highest BCUT2D eigenvalue weighted by Crippen LogP contribution is 2.38. The van der Waals surface area contributed by atoms with Crippen molar-refractivity contribution in [1.29, 1.82) is 0 Å². The number of hydrogen-bond donors (Lipinski definition) is 1. The molecule has 1 aromatic carbocycles. The molecule has 132 valence electrons. The summed E-state index contributed by atoms with van der Waals surface area (Å²) in [6.07, 6.45) is 1.77. The number of carboxylic acid groups (broad SMARTS) is 1. The molecule has 1 aliphatic rings. The highest BCUT2D eigenvalue weighted by Gasteiger charge is 2.38. The molecule has 0 radical (unpaired) electrons. The van der Waals surface area contributed by atoms with E-state index in [0.29, 0.717) is 22.8 Å². The van der Waals surface area contributed by atoms with Gasteiger partial charge in [-0.15, -0.1) is 0 Å². The Morgan fingerprint density at radius 2 is 1.71 bits per heavy atom. The Balaban J connectivity index is 2.25. The van der Waals surface area contributed by atoms with E-state index in [0.717, 1.165) is 12.8 Å². The van der Waals surface area contributed by atoms with Gasteiger partial charge < -0.3 is 24.2 Å². The number of carbonyl (C=O) groups excluding carboxylic acids is 1. The molecule has 0 saturated heterocycles. The number of carboxylic acids is 1. The Labute approximate surface area is 141 Å². The van der Waals surface area contributed by atoms with Crippen molar-refractivity contribution in [2.45, 2.75) is 38.3 Å². The van der Waals surface area contributed by atoms with E-state index in [1.807, 2.05) is 0 Å². The van der Waals surface area contributed by atoms with Crippen molar-refractivity contribution in [2.75, 3.05) is 21.3 Å². The van der Waals surface area contributed by atoms with Crippen LogP contribution in [0.25, 0.3) is 0 Å². The molecule has 24 heavy (non-hydrogen) atoms. The number of hydrogen-bond acceptors (Lipinski definition) is 5. The number of aliphatic carboxylic acids is 1. The van der Waals surface area contributed by atoms with Crippen molar-refractivity contribution >= 4 is 11.9 Å². The van der Waals surface area contributed by atoms with Crippen LogP contribution in [0.2, 0.25) is 0 Å². The zero-order valence-electron chi connectivity index (χ0n) is 14.4. The van der Waals surface area contributed by atoms with E-state index >= 15 is 0 Å². The van der Waals surface area contributed by atoms with Crippen molar-refractivity contribution in [3.63, 3.8) is 0 Å². The van der Waals surface area contributed by atoms with Gasteiger partial charge in [0.2, 0.25) is 11.7 Å². The summed E-state index contributed by atoms with van der Waals surface area (Å²) < 4.78 is 15.8. The first-order chi connectivity index (χ1) is 11.4. The van der Waals surface area contributed by atoms with Gasteiger partial charge in [0, 0.05) is 6.04 Å². The average Bonchev–Trinajstić information content (AvgIpc) is 3.38. The number of ether oxygens (including phenoxy) is 3. The summed E-state index contributed by atoms with van der Waals surface area (Å²) in [5.74, 6) is 0.156. The summed E-state index contributed by atoms with van der Waals surface area (Å²) in [4.78, 5) is 25.4.